The van der Waals surface area contributed by atoms with Crippen LogP contribution in [0, 0.1) is 12.3 Å². The predicted octanol–water partition coefficient (Wildman–Crippen LogP) is 1.93. The maximum absolute atomic E-state index is 12.0. The van der Waals surface area contributed by atoms with E-state index in [2.05, 4.69) is 5.32 Å². The van der Waals surface area contributed by atoms with Gasteiger partial charge in [-0.15, -0.1) is 0 Å². The van der Waals surface area contributed by atoms with Gasteiger partial charge in [-0.25, -0.2) is 4.79 Å². The number of carbonyl (C=O) groups excluding carboxylic acids is 1. The summed E-state index contributed by atoms with van der Waals surface area (Å²) < 4.78 is 0. The van der Waals surface area contributed by atoms with E-state index in [1.807, 2.05) is 0 Å². The minimum absolute atomic E-state index is 0.0792. The molecule has 0 aliphatic carbocycles. The monoisotopic (exact) mass is 265 g/mol. The quantitative estimate of drug-likeness (QED) is 0.779. The number of nitrogens with one attached hydrogen (secondary N) is 1. The van der Waals surface area contributed by atoms with Crippen molar-refractivity contribution in [1.29, 1.82) is 0 Å². The summed E-state index contributed by atoms with van der Waals surface area (Å²) >= 11 is 0. The van der Waals surface area contributed by atoms with Crippen molar-refractivity contribution in [2.24, 2.45) is 5.41 Å². The van der Waals surface area contributed by atoms with E-state index < -0.39 is 23.3 Å². The third-order valence-electron chi connectivity index (χ3n) is 2.79. The van der Waals surface area contributed by atoms with Crippen LogP contribution in [0.5, 0.6) is 5.75 Å². The average Bonchev–Trinajstić information content (AvgIpc) is 2.26. The second-order valence-corrected chi connectivity index (χ2v) is 5.63. The zero-order valence-corrected chi connectivity index (χ0v) is 11.5. The zero-order chi connectivity index (χ0) is 14.8. The number of amides is 1. The molecule has 0 saturated heterocycles. The minimum Gasteiger partial charge on any atom is -0.507 e. The summed E-state index contributed by atoms with van der Waals surface area (Å²) in [6.07, 6.45) is 0. The molecule has 0 radical (unpaired) electrons. The molecule has 1 amide bonds. The van der Waals surface area contributed by atoms with Crippen molar-refractivity contribution in [3.63, 3.8) is 0 Å². The van der Waals surface area contributed by atoms with Gasteiger partial charge in [0.2, 0.25) is 0 Å². The maximum Gasteiger partial charge on any atom is 0.326 e. The van der Waals surface area contributed by atoms with E-state index in [0.717, 1.165) is 5.56 Å². The van der Waals surface area contributed by atoms with Crippen LogP contribution in [-0.2, 0) is 4.79 Å². The number of phenolic OH excluding ortho intramolecular Hbond substituents is 1. The van der Waals surface area contributed by atoms with Crippen LogP contribution >= 0.6 is 0 Å². The maximum atomic E-state index is 12.0. The molecule has 0 saturated carbocycles. The third kappa shape index (κ3) is 3.71. The Kier molecular flexibility index (Phi) is 4.19. The molecule has 19 heavy (non-hydrogen) atoms. The Morgan fingerprint density at radius 3 is 2.32 bits per heavy atom. The molecule has 0 spiro atoms. The van der Waals surface area contributed by atoms with Crippen molar-refractivity contribution in [3.05, 3.63) is 29.3 Å². The van der Waals surface area contributed by atoms with Crippen molar-refractivity contribution in [2.45, 2.75) is 33.7 Å². The summed E-state index contributed by atoms with van der Waals surface area (Å²) in [5.41, 5.74) is 0.266. The highest BCUT2D eigenvalue weighted by atomic mass is 16.4. The van der Waals surface area contributed by atoms with E-state index in [1.54, 1.807) is 33.8 Å². The lowest BCUT2D eigenvalue weighted by atomic mass is 9.86. The lowest BCUT2D eigenvalue weighted by Crippen LogP contribution is -2.49. The van der Waals surface area contributed by atoms with Gasteiger partial charge in [0.15, 0.2) is 0 Å². The molecule has 5 heteroatoms. The fourth-order valence-corrected chi connectivity index (χ4v) is 1.69. The summed E-state index contributed by atoms with van der Waals surface area (Å²) in [4.78, 5) is 23.2. The molecule has 0 aliphatic heterocycles. The number of aliphatic carboxylic acids is 1. The molecule has 0 heterocycles. The largest absolute Gasteiger partial charge is 0.507 e. The topological polar surface area (TPSA) is 86.6 Å². The number of phenols is 1. The first-order valence-corrected chi connectivity index (χ1v) is 5.96. The molecule has 0 aromatic heterocycles. The lowest BCUT2D eigenvalue weighted by molar-refractivity contribution is -0.142. The predicted molar refractivity (Wildman–Crippen MR) is 71.2 cm³/mol. The summed E-state index contributed by atoms with van der Waals surface area (Å²) in [5.74, 6) is -1.86. The van der Waals surface area contributed by atoms with E-state index in [1.165, 1.54) is 12.1 Å². The summed E-state index contributed by atoms with van der Waals surface area (Å²) in [7, 11) is 0. The number of hydrogen-bond acceptors (Lipinski definition) is 3. The second-order valence-electron chi connectivity index (χ2n) is 5.63. The summed E-state index contributed by atoms with van der Waals surface area (Å²) in [5, 5.41) is 21.2. The molecule has 1 aromatic carbocycles. The third-order valence-corrected chi connectivity index (χ3v) is 2.79. The normalized spacial score (nSPS) is 12.8. The zero-order valence-electron chi connectivity index (χ0n) is 11.5. The van der Waals surface area contributed by atoms with Gasteiger partial charge in [-0.1, -0.05) is 32.4 Å². The number of benzene rings is 1. The fourth-order valence-electron chi connectivity index (χ4n) is 1.69. The first-order valence-electron chi connectivity index (χ1n) is 5.96. The van der Waals surface area contributed by atoms with Crippen molar-refractivity contribution < 1.29 is 19.8 Å². The van der Waals surface area contributed by atoms with Crippen LogP contribution in [0.4, 0.5) is 0 Å². The molecule has 1 unspecified atom stereocenters. The number of carboxylic acid groups (broad SMARTS) is 1. The lowest BCUT2D eigenvalue weighted by Gasteiger charge is -2.27. The number of aromatic hydroxyl groups is 1. The highest BCUT2D eigenvalue weighted by Gasteiger charge is 2.33. The van der Waals surface area contributed by atoms with Gasteiger partial charge in [-0.2, -0.15) is 0 Å². The number of rotatable bonds is 3. The summed E-state index contributed by atoms with van der Waals surface area (Å²) in [6, 6.07) is 3.58. The molecule has 0 fully saturated rings. The standard InChI is InChI=1S/C14H19NO4/c1-8-5-6-10(16)9(7-8)12(17)15-11(13(18)19)14(2,3)4/h5-7,11,16H,1-4H3,(H,15,17)(H,18,19). The molecular weight excluding hydrogens is 246 g/mol. The van der Waals surface area contributed by atoms with E-state index in [0.29, 0.717) is 0 Å². The van der Waals surface area contributed by atoms with E-state index in [4.69, 9.17) is 5.11 Å². The Bertz CT molecular complexity index is 503. The van der Waals surface area contributed by atoms with Crippen molar-refractivity contribution in [1.82, 2.24) is 5.32 Å². The molecule has 1 rings (SSSR count). The average molecular weight is 265 g/mol. The highest BCUT2D eigenvalue weighted by molar-refractivity contribution is 5.99. The molecule has 104 valence electrons. The van der Waals surface area contributed by atoms with Crippen LogP contribution in [0.1, 0.15) is 36.7 Å². The van der Waals surface area contributed by atoms with Crippen molar-refractivity contribution in [3.8, 4) is 5.75 Å². The smallest absolute Gasteiger partial charge is 0.326 e. The minimum atomic E-state index is -1.10. The van der Waals surface area contributed by atoms with Crippen LogP contribution in [0.3, 0.4) is 0 Å². The molecule has 0 aliphatic rings. The van der Waals surface area contributed by atoms with Crippen LogP contribution in [0.15, 0.2) is 18.2 Å². The Balaban J connectivity index is 3.01. The van der Waals surface area contributed by atoms with E-state index in [-0.39, 0.29) is 11.3 Å². The van der Waals surface area contributed by atoms with Crippen LogP contribution in [0.2, 0.25) is 0 Å². The number of carboxylic acids is 1. The fraction of sp³-hybridized carbons (Fsp3) is 0.429. The Labute approximate surface area is 112 Å². The van der Waals surface area contributed by atoms with Gasteiger partial charge in [0.1, 0.15) is 11.8 Å². The van der Waals surface area contributed by atoms with Crippen LogP contribution in [0.25, 0.3) is 0 Å². The number of aryl methyl sites for hydroxylation is 1. The van der Waals surface area contributed by atoms with Gasteiger partial charge in [-0.05, 0) is 24.5 Å². The van der Waals surface area contributed by atoms with Crippen molar-refractivity contribution >= 4 is 11.9 Å². The van der Waals surface area contributed by atoms with Gasteiger partial charge in [0, 0.05) is 0 Å². The van der Waals surface area contributed by atoms with Gasteiger partial charge in [0.25, 0.3) is 5.91 Å². The molecule has 1 atom stereocenters. The van der Waals surface area contributed by atoms with Crippen molar-refractivity contribution in [2.75, 3.05) is 0 Å². The van der Waals surface area contributed by atoms with E-state index >= 15 is 0 Å². The first kappa shape index (κ1) is 15.0. The molecule has 1 aromatic rings. The van der Waals surface area contributed by atoms with Gasteiger partial charge < -0.3 is 15.5 Å². The number of carbonyl (C=O) groups is 2. The summed E-state index contributed by atoms with van der Waals surface area (Å²) in [6.45, 7) is 6.96. The second kappa shape index (κ2) is 5.30. The van der Waals surface area contributed by atoms with Gasteiger partial charge in [-0.3, -0.25) is 4.79 Å². The van der Waals surface area contributed by atoms with Crippen LogP contribution < -0.4 is 5.32 Å². The SMILES string of the molecule is Cc1ccc(O)c(C(=O)NC(C(=O)O)C(C)(C)C)c1. The molecule has 5 nitrogen and oxygen atoms in total. The Hall–Kier alpha value is -2.04. The highest BCUT2D eigenvalue weighted by Crippen LogP contribution is 2.22. The first-order chi connectivity index (χ1) is 8.62. The van der Waals surface area contributed by atoms with Gasteiger partial charge in [0.05, 0.1) is 5.56 Å². The molecular formula is C14H19NO4. The van der Waals surface area contributed by atoms with Gasteiger partial charge >= 0.3 is 5.97 Å². The van der Waals surface area contributed by atoms with E-state index in [9.17, 15) is 14.7 Å². The molecule has 0 bridgehead atoms. The Morgan fingerprint density at radius 2 is 1.84 bits per heavy atom. The van der Waals surface area contributed by atoms with Crippen LogP contribution in [-0.4, -0.2) is 28.1 Å². The number of hydrogen-bond donors (Lipinski definition) is 3. The molecule has 3 N–H and O–H groups in total. The Morgan fingerprint density at radius 1 is 1.26 bits per heavy atom.